The van der Waals surface area contributed by atoms with Gasteiger partial charge in [-0.05, 0) is 38.2 Å². The zero-order chi connectivity index (χ0) is 15.4. The largest absolute Gasteiger partial charge is 0.461 e. The van der Waals surface area contributed by atoms with Gasteiger partial charge in [0, 0.05) is 28.0 Å². The van der Waals surface area contributed by atoms with Crippen LogP contribution >= 0.6 is 11.6 Å². The number of aromatic nitrogens is 1. The van der Waals surface area contributed by atoms with Crippen molar-refractivity contribution in [2.24, 2.45) is 0 Å². The zero-order valence-corrected chi connectivity index (χ0v) is 13.5. The van der Waals surface area contributed by atoms with Gasteiger partial charge in [-0.1, -0.05) is 25.4 Å². The molecule has 0 aliphatic rings. The minimum absolute atomic E-state index is 0.313. The fourth-order valence-electron chi connectivity index (χ4n) is 2.43. The predicted octanol–water partition coefficient (Wildman–Crippen LogP) is 3.84. The molecule has 21 heavy (non-hydrogen) atoms. The quantitative estimate of drug-likeness (QED) is 0.825. The van der Waals surface area contributed by atoms with Gasteiger partial charge in [0.25, 0.3) is 0 Å². The number of nitrogens with zero attached hydrogens (tertiary/aromatic N) is 1. The molecular formula is C16H21ClN2O2. The Morgan fingerprint density at radius 2 is 2.00 bits per heavy atom. The lowest BCUT2D eigenvalue weighted by molar-refractivity contribution is 0.0518. The van der Waals surface area contributed by atoms with E-state index in [1.807, 2.05) is 25.1 Å². The van der Waals surface area contributed by atoms with E-state index in [9.17, 15) is 4.79 Å². The van der Waals surface area contributed by atoms with Crippen molar-refractivity contribution in [2.75, 3.05) is 19.7 Å². The fraction of sp³-hybridized carbons (Fsp3) is 0.438. The number of benzene rings is 1. The smallest absolute Gasteiger partial charge is 0.355 e. The van der Waals surface area contributed by atoms with Gasteiger partial charge < -0.3 is 9.72 Å². The van der Waals surface area contributed by atoms with Gasteiger partial charge in [0.1, 0.15) is 5.69 Å². The van der Waals surface area contributed by atoms with E-state index < -0.39 is 0 Å². The second kappa shape index (κ2) is 6.96. The second-order valence-corrected chi connectivity index (χ2v) is 5.29. The van der Waals surface area contributed by atoms with Crippen LogP contribution in [-0.2, 0) is 11.3 Å². The first kappa shape index (κ1) is 15.9. The first-order valence-corrected chi connectivity index (χ1v) is 7.68. The molecule has 1 aromatic heterocycles. The molecule has 2 rings (SSSR count). The Kier molecular flexibility index (Phi) is 5.26. The average molecular weight is 309 g/mol. The van der Waals surface area contributed by atoms with Crippen molar-refractivity contribution in [2.45, 2.75) is 27.3 Å². The third-order valence-corrected chi connectivity index (χ3v) is 3.86. The molecule has 0 bridgehead atoms. The molecule has 0 atom stereocenters. The van der Waals surface area contributed by atoms with E-state index in [1.54, 1.807) is 0 Å². The number of H-pyrrole nitrogens is 1. The maximum Gasteiger partial charge on any atom is 0.355 e. The minimum atomic E-state index is -0.313. The maximum absolute atomic E-state index is 12.2. The standard InChI is InChI=1S/C16H21ClN2O2/c1-4-19(5-2)10-13-12-9-11(17)7-8-14(12)18-15(13)16(20)21-6-3/h7-9,18H,4-6,10H2,1-3H3. The third kappa shape index (κ3) is 3.39. The number of ether oxygens (including phenoxy) is 1. The summed E-state index contributed by atoms with van der Waals surface area (Å²) in [5.41, 5.74) is 2.39. The maximum atomic E-state index is 12.2. The van der Waals surface area contributed by atoms with Gasteiger partial charge in [-0.25, -0.2) is 4.79 Å². The van der Waals surface area contributed by atoms with Crippen LogP contribution in [0.2, 0.25) is 5.02 Å². The monoisotopic (exact) mass is 308 g/mol. The summed E-state index contributed by atoms with van der Waals surface area (Å²) in [7, 11) is 0. The molecule has 0 aliphatic heterocycles. The third-order valence-electron chi connectivity index (χ3n) is 3.62. The summed E-state index contributed by atoms with van der Waals surface area (Å²) in [5.74, 6) is -0.313. The zero-order valence-electron chi connectivity index (χ0n) is 12.7. The molecule has 0 aliphatic carbocycles. The first-order valence-electron chi connectivity index (χ1n) is 7.30. The lowest BCUT2D eigenvalue weighted by Crippen LogP contribution is -2.23. The number of fused-ring (bicyclic) bond motifs is 1. The predicted molar refractivity (Wildman–Crippen MR) is 85.9 cm³/mol. The lowest BCUT2D eigenvalue weighted by atomic mass is 10.1. The van der Waals surface area contributed by atoms with Crippen LogP contribution in [-0.4, -0.2) is 35.5 Å². The molecule has 0 radical (unpaired) electrons. The topological polar surface area (TPSA) is 45.3 Å². The minimum Gasteiger partial charge on any atom is -0.461 e. The highest BCUT2D eigenvalue weighted by Crippen LogP contribution is 2.27. The first-order chi connectivity index (χ1) is 10.1. The summed E-state index contributed by atoms with van der Waals surface area (Å²) in [4.78, 5) is 17.6. The Labute approximate surface area is 130 Å². The van der Waals surface area contributed by atoms with E-state index in [0.29, 0.717) is 23.9 Å². The molecule has 114 valence electrons. The summed E-state index contributed by atoms with van der Waals surface area (Å²) >= 11 is 6.10. The van der Waals surface area contributed by atoms with Crippen LogP contribution in [0.3, 0.4) is 0 Å². The van der Waals surface area contributed by atoms with Gasteiger partial charge in [-0.3, -0.25) is 4.90 Å². The number of hydrogen-bond donors (Lipinski definition) is 1. The number of carbonyl (C=O) groups excluding carboxylic acids is 1. The van der Waals surface area contributed by atoms with Crippen molar-refractivity contribution >= 4 is 28.5 Å². The van der Waals surface area contributed by atoms with Crippen LogP contribution in [0.25, 0.3) is 10.9 Å². The molecule has 4 nitrogen and oxygen atoms in total. The Balaban J connectivity index is 2.52. The van der Waals surface area contributed by atoms with Crippen molar-refractivity contribution in [3.05, 3.63) is 34.5 Å². The number of esters is 1. The molecule has 0 saturated carbocycles. The van der Waals surface area contributed by atoms with E-state index in [-0.39, 0.29) is 5.97 Å². The van der Waals surface area contributed by atoms with E-state index >= 15 is 0 Å². The van der Waals surface area contributed by atoms with Gasteiger partial charge in [-0.15, -0.1) is 0 Å². The van der Waals surface area contributed by atoms with E-state index in [0.717, 1.165) is 29.6 Å². The molecule has 0 fully saturated rings. The number of aromatic amines is 1. The van der Waals surface area contributed by atoms with Gasteiger partial charge in [-0.2, -0.15) is 0 Å². The number of rotatable bonds is 6. The highest BCUT2D eigenvalue weighted by molar-refractivity contribution is 6.31. The number of hydrogen-bond acceptors (Lipinski definition) is 3. The summed E-state index contributed by atoms with van der Waals surface area (Å²) in [6, 6.07) is 5.61. The molecule has 0 amide bonds. The van der Waals surface area contributed by atoms with E-state index in [2.05, 4.69) is 23.7 Å². The van der Waals surface area contributed by atoms with Gasteiger partial charge in [0.05, 0.1) is 6.61 Å². The fourth-order valence-corrected chi connectivity index (χ4v) is 2.60. The second-order valence-electron chi connectivity index (χ2n) is 4.85. The van der Waals surface area contributed by atoms with Crippen LogP contribution in [0.5, 0.6) is 0 Å². The molecule has 1 N–H and O–H groups in total. The van der Waals surface area contributed by atoms with Crippen molar-refractivity contribution in [1.82, 2.24) is 9.88 Å². The van der Waals surface area contributed by atoms with Crippen molar-refractivity contribution in [3.63, 3.8) is 0 Å². The number of nitrogens with one attached hydrogen (secondary N) is 1. The van der Waals surface area contributed by atoms with Crippen LogP contribution in [0, 0.1) is 0 Å². The average Bonchev–Trinajstić information content (AvgIpc) is 2.83. The summed E-state index contributed by atoms with van der Waals surface area (Å²) in [6.07, 6.45) is 0. The Hall–Kier alpha value is -1.52. The Morgan fingerprint density at radius 3 is 2.62 bits per heavy atom. The SMILES string of the molecule is CCOC(=O)c1[nH]c2ccc(Cl)cc2c1CN(CC)CC. The van der Waals surface area contributed by atoms with Gasteiger partial charge >= 0.3 is 5.97 Å². The molecular weight excluding hydrogens is 288 g/mol. The molecule has 1 aromatic carbocycles. The van der Waals surface area contributed by atoms with Crippen molar-refractivity contribution in [1.29, 1.82) is 0 Å². The van der Waals surface area contributed by atoms with Gasteiger partial charge in [0.15, 0.2) is 0 Å². The van der Waals surface area contributed by atoms with Crippen LogP contribution < -0.4 is 0 Å². The molecule has 0 saturated heterocycles. The summed E-state index contributed by atoms with van der Waals surface area (Å²) in [6.45, 7) is 8.92. The van der Waals surface area contributed by atoms with Crippen LogP contribution in [0.4, 0.5) is 0 Å². The van der Waals surface area contributed by atoms with Gasteiger partial charge in [0.2, 0.25) is 0 Å². The number of carbonyl (C=O) groups is 1. The van der Waals surface area contributed by atoms with Crippen LogP contribution in [0.1, 0.15) is 36.8 Å². The molecule has 2 aromatic rings. The lowest BCUT2D eigenvalue weighted by Gasteiger charge is -2.18. The summed E-state index contributed by atoms with van der Waals surface area (Å²) in [5, 5.41) is 1.65. The molecule has 0 spiro atoms. The summed E-state index contributed by atoms with van der Waals surface area (Å²) < 4.78 is 5.16. The van der Waals surface area contributed by atoms with E-state index in [4.69, 9.17) is 16.3 Å². The van der Waals surface area contributed by atoms with Crippen molar-refractivity contribution in [3.8, 4) is 0 Å². The Morgan fingerprint density at radius 1 is 1.29 bits per heavy atom. The van der Waals surface area contributed by atoms with Crippen LogP contribution in [0.15, 0.2) is 18.2 Å². The highest BCUT2D eigenvalue weighted by atomic mass is 35.5. The molecule has 5 heteroatoms. The van der Waals surface area contributed by atoms with Crippen molar-refractivity contribution < 1.29 is 9.53 Å². The number of halogens is 1. The highest BCUT2D eigenvalue weighted by Gasteiger charge is 2.20. The normalized spacial score (nSPS) is 11.3. The molecule has 1 heterocycles. The molecule has 0 unspecified atom stereocenters. The Bertz CT molecular complexity index is 632. The van der Waals surface area contributed by atoms with E-state index in [1.165, 1.54) is 0 Å².